The highest BCUT2D eigenvalue weighted by atomic mass is 32.2. The van der Waals surface area contributed by atoms with Gasteiger partial charge in [0, 0.05) is 10.8 Å². The minimum atomic E-state index is -3.19. The standard InChI is InChI=1S/C14H28N2O3S/c1-12(2,3)10(17)15-20(19,14(7,8)9)16-11(18)13(4,5)6/h1-9H3,(H,15,16,17,18,19). The monoisotopic (exact) mass is 304 g/mol. The largest absolute Gasteiger partial charge is 0.273 e. The lowest BCUT2D eigenvalue weighted by Gasteiger charge is -2.28. The van der Waals surface area contributed by atoms with Crippen LogP contribution in [0, 0.1) is 10.8 Å². The molecule has 0 aromatic rings. The van der Waals surface area contributed by atoms with Crippen molar-refractivity contribution < 1.29 is 13.8 Å². The first kappa shape index (κ1) is 19.1. The van der Waals surface area contributed by atoms with Crippen molar-refractivity contribution in [3.05, 3.63) is 0 Å². The van der Waals surface area contributed by atoms with Gasteiger partial charge in [0.25, 0.3) is 5.91 Å². The third kappa shape index (κ3) is 4.89. The molecule has 0 aliphatic rings. The maximum Gasteiger partial charge on any atom is 0.260 e. The van der Waals surface area contributed by atoms with E-state index in [9.17, 15) is 13.8 Å². The molecule has 118 valence electrons. The van der Waals surface area contributed by atoms with Gasteiger partial charge in [-0.2, -0.15) is 0 Å². The van der Waals surface area contributed by atoms with E-state index in [0.717, 1.165) is 0 Å². The molecule has 1 N–H and O–H groups in total. The molecule has 0 heterocycles. The van der Waals surface area contributed by atoms with E-state index in [1.165, 1.54) is 0 Å². The highest BCUT2D eigenvalue weighted by Crippen LogP contribution is 2.23. The van der Waals surface area contributed by atoms with E-state index >= 15 is 0 Å². The lowest BCUT2D eigenvalue weighted by atomic mass is 9.96. The summed E-state index contributed by atoms with van der Waals surface area (Å²) in [6, 6.07) is 0. The zero-order valence-electron chi connectivity index (χ0n) is 14.1. The summed E-state index contributed by atoms with van der Waals surface area (Å²) in [6.45, 7) is 15.3. The molecule has 0 aliphatic heterocycles. The van der Waals surface area contributed by atoms with Gasteiger partial charge >= 0.3 is 0 Å². The average Bonchev–Trinajstić information content (AvgIpc) is 2.12. The van der Waals surface area contributed by atoms with E-state index in [1.807, 2.05) is 0 Å². The molecule has 0 fully saturated rings. The Morgan fingerprint density at radius 2 is 1.25 bits per heavy atom. The number of carbonyl (C=O) groups is 2. The summed E-state index contributed by atoms with van der Waals surface area (Å²) in [4.78, 5) is 24.2. The van der Waals surface area contributed by atoms with Crippen LogP contribution < -0.4 is 4.72 Å². The molecular formula is C14H28N2O3S. The Kier molecular flexibility index (Phi) is 5.22. The van der Waals surface area contributed by atoms with E-state index in [4.69, 9.17) is 0 Å². The van der Waals surface area contributed by atoms with Gasteiger partial charge in [0.05, 0.1) is 4.75 Å². The lowest BCUT2D eigenvalue weighted by molar-refractivity contribution is -0.126. The maximum absolute atomic E-state index is 13.0. The second-order valence-corrected chi connectivity index (χ2v) is 10.6. The SMILES string of the molecule is CC(C)(C)C(=O)N=S(=O)(NC(=O)C(C)(C)C)C(C)(C)C. The van der Waals surface area contributed by atoms with Gasteiger partial charge in [0.2, 0.25) is 5.91 Å². The van der Waals surface area contributed by atoms with Gasteiger partial charge in [0.1, 0.15) is 9.92 Å². The molecule has 1 unspecified atom stereocenters. The van der Waals surface area contributed by atoms with Crippen LogP contribution in [0.1, 0.15) is 62.3 Å². The smallest absolute Gasteiger partial charge is 0.260 e. The van der Waals surface area contributed by atoms with Crippen molar-refractivity contribution in [1.29, 1.82) is 0 Å². The summed E-state index contributed by atoms with van der Waals surface area (Å²) in [7, 11) is -3.19. The van der Waals surface area contributed by atoms with Crippen molar-refractivity contribution in [2.75, 3.05) is 0 Å². The van der Waals surface area contributed by atoms with Gasteiger partial charge < -0.3 is 0 Å². The fourth-order valence-electron chi connectivity index (χ4n) is 0.845. The van der Waals surface area contributed by atoms with Crippen LogP contribution in [-0.2, 0) is 19.5 Å². The summed E-state index contributed by atoms with van der Waals surface area (Å²) in [5.74, 6) is -0.866. The molecule has 0 radical (unpaired) electrons. The molecule has 6 heteroatoms. The Morgan fingerprint density at radius 1 is 0.850 bits per heavy atom. The molecular weight excluding hydrogens is 276 g/mol. The van der Waals surface area contributed by atoms with Crippen LogP contribution in [-0.4, -0.2) is 20.8 Å². The first-order chi connectivity index (χ1) is 8.51. The molecule has 0 aromatic heterocycles. The predicted molar refractivity (Wildman–Crippen MR) is 82.4 cm³/mol. The first-order valence-corrected chi connectivity index (χ1v) is 8.15. The Bertz CT molecular complexity index is 508. The molecule has 0 saturated carbocycles. The normalized spacial score (nSPS) is 16.2. The predicted octanol–water partition coefficient (Wildman–Crippen LogP) is 2.90. The quantitative estimate of drug-likeness (QED) is 0.809. The number of hydrogen-bond acceptors (Lipinski definition) is 3. The molecule has 0 bridgehead atoms. The molecule has 1 atom stereocenters. The van der Waals surface area contributed by atoms with Crippen LogP contribution >= 0.6 is 0 Å². The minimum Gasteiger partial charge on any atom is -0.273 e. The minimum absolute atomic E-state index is 0.386. The van der Waals surface area contributed by atoms with Gasteiger partial charge in [-0.3, -0.25) is 14.3 Å². The number of rotatable bonds is 1. The van der Waals surface area contributed by atoms with Crippen LogP contribution in [0.4, 0.5) is 0 Å². The fraction of sp³-hybridized carbons (Fsp3) is 0.857. The van der Waals surface area contributed by atoms with Gasteiger partial charge in [-0.25, -0.2) is 4.21 Å². The Hall–Kier alpha value is -0.910. The molecule has 0 rings (SSSR count). The topological polar surface area (TPSA) is 75.6 Å². The number of hydrogen-bond donors (Lipinski definition) is 1. The Morgan fingerprint density at radius 3 is 1.50 bits per heavy atom. The molecule has 20 heavy (non-hydrogen) atoms. The summed E-state index contributed by atoms with van der Waals surface area (Å²) in [5.41, 5.74) is -1.44. The zero-order chi connectivity index (χ0) is 16.6. The van der Waals surface area contributed by atoms with Crippen molar-refractivity contribution in [2.45, 2.75) is 67.1 Å². The van der Waals surface area contributed by atoms with E-state index < -0.39 is 31.4 Å². The summed E-state index contributed by atoms with van der Waals surface area (Å²) in [6.07, 6.45) is 0. The van der Waals surface area contributed by atoms with Gasteiger partial charge in [-0.15, -0.1) is 4.36 Å². The number of amides is 2. The lowest BCUT2D eigenvalue weighted by Crippen LogP contribution is -2.47. The van der Waals surface area contributed by atoms with Crippen molar-refractivity contribution in [3.63, 3.8) is 0 Å². The number of carbonyl (C=O) groups excluding carboxylic acids is 2. The zero-order valence-corrected chi connectivity index (χ0v) is 14.9. The fourth-order valence-corrected chi connectivity index (χ4v) is 2.54. The van der Waals surface area contributed by atoms with Crippen molar-refractivity contribution in [3.8, 4) is 0 Å². The van der Waals surface area contributed by atoms with E-state index in [-0.39, 0.29) is 5.91 Å². The summed E-state index contributed by atoms with van der Waals surface area (Å²) < 4.78 is 18.5. The van der Waals surface area contributed by atoms with Gasteiger partial charge in [-0.05, 0) is 20.8 Å². The van der Waals surface area contributed by atoms with Crippen LogP contribution in [0.3, 0.4) is 0 Å². The van der Waals surface area contributed by atoms with Crippen LogP contribution in [0.2, 0.25) is 0 Å². The van der Waals surface area contributed by atoms with Gasteiger partial charge in [0.15, 0.2) is 0 Å². The molecule has 5 nitrogen and oxygen atoms in total. The first-order valence-electron chi connectivity index (χ1n) is 6.64. The summed E-state index contributed by atoms with van der Waals surface area (Å²) >= 11 is 0. The van der Waals surface area contributed by atoms with Crippen molar-refractivity contribution in [1.82, 2.24) is 4.72 Å². The molecule has 2 amide bonds. The van der Waals surface area contributed by atoms with Crippen molar-refractivity contribution in [2.24, 2.45) is 15.2 Å². The van der Waals surface area contributed by atoms with Crippen LogP contribution in [0.15, 0.2) is 4.36 Å². The average molecular weight is 304 g/mol. The second kappa shape index (κ2) is 5.47. The molecule has 0 saturated heterocycles. The Balaban J connectivity index is 5.83. The molecule has 0 aliphatic carbocycles. The third-order valence-corrected chi connectivity index (χ3v) is 5.14. The highest BCUT2D eigenvalue weighted by Gasteiger charge is 2.35. The van der Waals surface area contributed by atoms with Crippen molar-refractivity contribution >= 4 is 21.7 Å². The van der Waals surface area contributed by atoms with E-state index in [2.05, 4.69) is 9.08 Å². The number of nitrogens with one attached hydrogen (secondary N) is 1. The maximum atomic E-state index is 13.0. The molecule has 0 spiro atoms. The third-order valence-electron chi connectivity index (χ3n) is 2.60. The van der Waals surface area contributed by atoms with Crippen LogP contribution in [0.5, 0.6) is 0 Å². The van der Waals surface area contributed by atoms with E-state index in [0.29, 0.717) is 0 Å². The molecule has 0 aromatic carbocycles. The highest BCUT2D eigenvalue weighted by molar-refractivity contribution is 7.93. The number of nitrogens with zero attached hydrogens (tertiary/aromatic N) is 1. The summed E-state index contributed by atoms with van der Waals surface area (Å²) in [5, 5.41) is 0. The second-order valence-electron chi connectivity index (χ2n) is 7.97. The van der Waals surface area contributed by atoms with Gasteiger partial charge in [-0.1, -0.05) is 41.5 Å². The Labute approximate surface area is 123 Å². The van der Waals surface area contributed by atoms with E-state index in [1.54, 1.807) is 62.3 Å². The van der Waals surface area contributed by atoms with Crippen LogP contribution in [0.25, 0.3) is 0 Å².